The monoisotopic (exact) mass is 215 g/mol. The van der Waals surface area contributed by atoms with Crippen molar-refractivity contribution in [3.05, 3.63) is 34.9 Å². The van der Waals surface area contributed by atoms with Crippen LogP contribution in [0.25, 0.3) is 0 Å². The van der Waals surface area contributed by atoms with Gasteiger partial charge in [-0.2, -0.15) is 0 Å². The van der Waals surface area contributed by atoms with Crippen LogP contribution >= 0.6 is 0 Å². The molecule has 1 nitrogen and oxygen atoms in total. The third-order valence-corrected chi connectivity index (χ3v) is 2.97. The Hall–Kier alpha value is -1.26. The number of nitrogens with two attached hydrogens (primary N) is 1. The highest BCUT2D eigenvalue weighted by Gasteiger charge is 2.04. The smallest absolute Gasteiger partial charge is 0.00866 e. The maximum Gasteiger partial charge on any atom is 0.00866 e. The van der Waals surface area contributed by atoms with E-state index in [2.05, 4.69) is 38.0 Å². The van der Waals surface area contributed by atoms with Crippen LogP contribution in [0.2, 0.25) is 0 Å². The third-order valence-electron chi connectivity index (χ3n) is 2.97. The molecule has 0 amide bonds. The first kappa shape index (κ1) is 12.8. The first-order valence-electron chi connectivity index (χ1n) is 5.88. The number of aryl methyl sites for hydroxylation is 2. The van der Waals surface area contributed by atoms with Crippen molar-refractivity contribution in [3.8, 4) is 12.3 Å². The first-order chi connectivity index (χ1) is 7.63. The Morgan fingerprint density at radius 1 is 1.31 bits per heavy atom. The van der Waals surface area contributed by atoms with Crippen LogP contribution in [0.5, 0.6) is 0 Å². The van der Waals surface area contributed by atoms with Crippen molar-refractivity contribution in [2.45, 2.75) is 45.6 Å². The molecule has 1 rings (SSSR count). The molecule has 0 fully saturated rings. The minimum absolute atomic E-state index is 0.232. The van der Waals surface area contributed by atoms with E-state index in [0.29, 0.717) is 0 Å². The van der Waals surface area contributed by atoms with Gasteiger partial charge in [0.25, 0.3) is 0 Å². The standard InChI is InChI=1S/C15H21N/c1-4-5-6-7-15(16)11-14-9-8-12(2)13(3)10-14/h1,8-10,15H,5-7,11,16H2,2-3H3. The van der Waals surface area contributed by atoms with E-state index < -0.39 is 0 Å². The molecule has 86 valence electrons. The van der Waals surface area contributed by atoms with Gasteiger partial charge in [-0.15, -0.1) is 12.3 Å². The summed E-state index contributed by atoms with van der Waals surface area (Å²) < 4.78 is 0. The fraction of sp³-hybridized carbons (Fsp3) is 0.467. The lowest BCUT2D eigenvalue weighted by Gasteiger charge is -2.12. The summed E-state index contributed by atoms with van der Waals surface area (Å²) in [6, 6.07) is 6.80. The second-order valence-corrected chi connectivity index (χ2v) is 4.48. The molecule has 0 bridgehead atoms. The SMILES string of the molecule is C#CCCCC(N)Cc1ccc(C)c(C)c1. The molecule has 1 atom stereocenters. The molecule has 0 heterocycles. The predicted octanol–water partition coefficient (Wildman–Crippen LogP) is 2.98. The Morgan fingerprint density at radius 3 is 2.69 bits per heavy atom. The van der Waals surface area contributed by atoms with Gasteiger partial charge in [0.05, 0.1) is 0 Å². The van der Waals surface area contributed by atoms with E-state index in [0.717, 1.165) is 25.7 Å². The molecular weight excluding hydrogens is 194 g/mol. The van der Waals surface area contributed by atoms with Crippen LogP contribution in [-0.2, 0) is 6.42 Å². The summed E-state index contributed by atoms with van der Waals surface area (Å²) in [6.07, 6.45) is 9.04. The van der Waals surface area contributed by atoms with Gasteiger partial charge in [0.2, 0.25) is 0 Å². The Labute approximate surface area is 99.1 Å². The maximum absolute atomic E-state index is 6.07. The molecule has 0 aliphatic rings. The normalized spacial score (nSPS) is 12.1. The molecule has 16 heavy (non-hydrogen) atoms. The van der Waals surface area contributed by atoms with E-state index in [9.17, 15) is 0 Å². The lowest BCUT2D eigenvalue weighted by molar-refractivity contribution is 0.587. The number of rotatable bonds is 5. The summed E-state index contributed by atoms with van der Waals surface area (Å²) in [6.45, 7) is 4.27. The van der Waals surface area contributed by atoms with Gasteiger partial charge in [-0.1, -0.05) is 18.2 Å². The van der Waals surface area contributed by atoms with Crippen LogP contribution in [0, 0.1) is 26.2 Å². The largest absolute Gasteiger partial charge is 0.327 e. The molecule has 0 spiro atoms. The van der Waals surface area contributed by atoms with E-state index in [1.807, 2.05) is 0 Å². The van der Waals surface area contributed by atoms with Crippen molar-refractivity contribution >= 4 is 0 Å². The van der Waals surface area contributed by atoms with E-state index >= 15 is 0 Å². The number of hydrogen-bond donors (Lipinski definition) is 1. The van der Waals surface area contributed by atoms with Crippen LogP contribution < -0.4 is 5.73 Å². The zero-order chi connectivity index (χ0) is 12.0. The summed E-state index contributed by atoms with van der Waals surface area (Å²) in [5.41, 5.74) is 10.1. The Morgan fingerprint density at radius 2 is 2.06 bits per heavy atom. The highest BCUT2D eigenvalue weighted by atomic mass is 14.6. The molecule has 1 unspecified atom stereocenters. The topological polar surface area (TPSA) is 26.0 Å². The van der Waals surface area contributed by atoms with Crippen LogP contribution in [0.15, 0.2) is 18.2 Å². The molecule has 0 aromatic heterocycles. The lowest BCUT2D eigenvalue weighted by atomic mass is 9.98. The number of terminal acetylenes is 1. The van der Waals surface area contributed by atoms with Gasteiger partial charge >= 0.3 is 0 Å². The lowest BCUT2D eigenvalue weighted by Crippen LogP contribution is -2.22. The molecule has 1 aromatic carbocycles. The summed E-state index contributed by atoms with van der Waals surface area (Å²) in [4.78, 5) is 0. The Kier molecular flexibility index (Phi) is 5.08. The number of hydrogen-bond acceptors (Lipinski definition) is 1. The maximum atomic E-state index is 6.07. The fourth-order valence-corrected chi connectivity index (χ4v) is 1.80. The Balaban J connectivity index is 2.47. The Bertz CT molecular complexity index is 374. The van der Waals surface area contributed by atoms with E-state index in [1.165, 1.54) is 16.7 Å². The second kappa shape index (κ2) is 6.35. The van der Waals surface area contributed by atoms with Crippen molar-refractivity contribution in [2.75, 3.05) is 0 Å². The van der Waals surface area contributed by atoms with E-state index in [1.54, 1.807) is 0 Å². The molecule has 0 radical (unpaired) electrons. The van der Waals surface area contributed by atoms with Crippen molar-refractivity contribution in [1.82, 2.24) is 0 Å². The molecule has 0 saturated heterocycles. The fourth-order valence-electron chi connectivity index (χ4n) is 1.80. The molecule has 0 aliphatic heterocycles. The van der Waals surface area contributed by atoms with Gasteiger partial charge in [0.1, 0.15) is 0 Å². The summed E-state index contributed by atoms with van der Waals surface area (Å²) >= 11 is 0. The second-order valence-electron chi connectivity index (χ2n) is 4.48. The summed E-state index contributed by atoms with van der Waals surface area (Å²) in [5.74, 6) is 2.65. The third kappa shape index (κ3) is 4.08. The van der Waals surface area contributed by atoms with Crippen molar-refractivity contribution < 1.29 is 0 Å². The number of unbranched alkanes of at least 4 members (excludes halogenated alkanes) is 1. The molecule has 0 aliphatic carbocycles. The predicted molar refractivity (Wildman–Crippen MR) is 70.3 cm³/mol. The van der Waals surface area contributed by atoms with Crippen LogP contribution in [0.1, 0.15) is 36.0 Å². The summed E-state index contributed by atoms with van der Waals surface area (Å²) in [5, 5.41) is 0. The van der Waals surface area contributed by atoms with Crippen molar-refractivity contribution in [2.24, 2.45) is 5.73 Å². The molecule has 1 aromatic rings. The average Bonchev–Trinajstić information content (AvgIpc) is 2.24. The van der Waals surface area contributed by atoms with Crippen molar-refractivity contribution in [1.29, 1.82) is 0 Å². The van der Waals surface area contributed by atoms with Crippen LogP contribution in [-0.4, -0.2) is 6.04 Å². The quantitative estimate of drug-likeness (QED) is 0.593. The minimum atomic E-state index is 0.232. The van der Waals surface area contributed by atoms with Gasteiger partial charge in [-0.25, -0.2) is 0 Å². The van der Waals surface area contributed by atoms with E-state index in [4.69, 9.17) is 12.2 Å². The van der Waals surface area contributed by atoms with Gasteiger partial charge in [-0.05, 0) is 49.8 Å². The molecule has 0 saturated carbocycles. The van der Waals surface area contributed by atoms with Gasteiger partial charge in [0, 0.05) is 12.5 Å². The van der Waals surface area contributed by atoms with Gasteiger partial charge < -0.3 is 5.73 Å². The minimum Gasteiger partial charge on any atom is -0.327 e. The summed E-state index contributed by atoms with van der Waals surface area (Å²) in [7, 11) is 0. The molecular formula is C15H21N. The molecule has 2 N–H and O–H groups in total. The van der Waals surface area contributed by atoms with Crippen molar-refractivity contribution in [3.63, 3.8) is 0 Å². The van der Waals surface area contributed by atoms with Crippen LogP contribution in [0.4, 0.5) is 0 Å². The van der Waals surface area contributed by atoms with Crippen LogP contribution in [0.3, 0.4) is 0 Å². The zero-order valence-corrected chi connectivity index (χ0v) is 10.3. The number of benzene rings is 1. The van der Waals surface area contributed by atoms with E-state index in [-0.39, 0.29) is 6.04 Å². The highest BCUT2D eigenvalue weighted by molar-refractivity contribution is 5.30. The zero-order valence-electron chi connectivity index (χ0n) is 10.3. The first-order valence-corrected chi connectivity index (χ1v) is 5.88. The van der Waals surface area contributed by atoms with Gasteiger partial charge in [-0.3, -0.25) is 0 Å². The highest BCUT2D eigenvalue weighted by Crippen LogP contribution is 2.12. The molecule has 1 heteroatoms. The van der Waals surface area contributed by atoms with Gasteiger partial charge in [0.15, 0.2) is 0 Å². The average molecular weight is 215 g/mol.